The molecule has 0 unspecified atom stereocenters. The number of nitrogens with zero attached hydrogens (tertiary/aromatic N) is 4. The first-order valence-electron chi connectivity index (χ1n) is 5.42. The molecule has 0 radical (unpaired) electrons. The molecule has 2 heterocycles. The first-order chi connectivity index (χ1) is 9.35. The summed E-state index contributed by atoms with van der Waals surface area (Å²) < 4.78 is 42.0. The van der Waals surface area contributed by atoms with Gasteiger partial charge in [0.1, 0.15) is 11.6 Å². The second-order valence-electron chi connectivity index (χ2n) is 4.01. The second-order valence-corrected chi connectivity index (χ2v) is 4.37. The Kier molecular flexibility index (Phi) is 2.72. The van der Waals surface area contributed by atoms with Gasteiger partial charge in [-0.15, -0.1) is 23.4 Å². The summed E-state index contributed by atoms with van der Waals surface area (Å²) in [5, 5.41) is 7.78. The van der Waals surface area contributed by atoms with Gasteiger partial charge in [0, 0.05) is 6.07 Å². The van der Waals surface area contributed by atoms with Crippen LogP contribution in [0.5, 0.6) is 5.75 Å². The fraction of sp³-hybridized carbons (Fsp3) is 0.182. The van der Waals surface area contributed by atoms with E-state index in [9.17, 15) is 13.2 Å². The number of fused-ring (bicyclic) bond motifs is 3. The van der Waals surface area contributed by atoms with E-state index < -0.39 is 6.36 Å². The molecule has 1 aromatic carbocycles. The summed E-state index contributed by atoms with van der Waals surface area (Å²) in [7, 11) is 0. The Morgan fingerprint density at radius 1 is 1.25 bits per heavy atom. The summed E-state index contributed by atoms with van der Waals surface area (Å²) in [6.45, 7) is 1.70. The SMILES string of the molecule is Cc1nnc2c(Cl)nc3cc(OC(F)(F)F)ccc3n12. The lowest BCUT2D eigenvalue weighted by atomic mass is 10.3. The van der Waals surface area contributed by atoms with Gasteiger partial charge in [0.25, 0.3) is 0 Å². The van der Waals surface area contributed by atoms with Crippen LogP contribution in [0.2, 0.25) is 5.15 Å². The van der Waals surface area contributed by atoms with Gasteiger partial charge in [-0.3, -0.25) is 4.40 Å². The molecule has 0 N–H and O–H groups in total. The highest BCUT2D eigenvalue weighted by atomic mass is 35.5. The predicted molar refractivity (Wildman–Crippen MR) is 64.7 cm³/mol. The maximum Gasteiger partial charge on any atom is 0.573 e. The minimum atomic E-state index is -4.76. The minimum Gasteiger partial charge on any atom is -0.406 e. The van der Waals surface area contributed by atoms with Crippen LogP contribution in [0.3, 0.4) is 0 Å². The Morgan fingerprint density at radius 2 is 2.00 bits per heavy atom. The van der Waals surface area contributed by atoms with Crippen molar-refractivity contribution in [1.82, 2.24) is 19.6 Å². The van der Waals surface area contributed by atoms with E-state index in [1.165, 1.54) is 12.1 Å². The normalized spacial score (nSPS) is 12.2. The Bertz CT molecular complexity index is 815. The first-order valence-corrected chi connectivity index (χ1v) is 5.80. The van der Waals surface area contributed by atoms with Gasteiger partial charge in [-0.05, 0) is 19.1 Å². The van der Waals surface area contributed by atoms with Crippen LogP contribution in [0.15, 0.2) is 18.2 Å². The molecule has 5 nitrogen and oxygen atoms in total. The molecule has 20 heavy (non-hydrogen) atoms. The van der Waals surface area contributed by atoms with Crippen LogP contribution in [0.4, 0.5) is 13.2 Å². The fourth-order valence-electron chi connectivity index (χ4n) is 1.92. The zero-order valence-electron chi connectivity index (χ0n) is 9.94. The van der Waals surface area contributed by atoms with Gasteiger partial charge in [0.2, 0.25) is 0 Å². The number of ether oxygens (including phenoxy) is 1. The van der Waals surface area contributed by atoms with Crippen molar-refractivity contribution in [3.63, 3.8) is 0 Å². The Morgan fingerprint density at radius 3 is 2.70 bits per heavy atom. The molecular formula is C11H6ClF3N4O. The van der Waals surface area contributed by atoms with E-state index in [2.05, 4.69) is 19.9 Å². The average molecular weight is 303 g/mol. The molecule has 2 aromatic heterocycles. The van der Waals surface area contributed by atoms with Gasteiger partial charge in [0.15, 0.2) is 10.8 Å². The lowest BCUT2D eigenvalue weighted by molar-refractivity contribution is -0.274. The van der Waals surface area contributed by atoms with Gasteiger partial charge >= 0.3 is 6.36 Å². The lowest BCUT2D eigenvalue weighted by Crippen LogP contribution is -2.17. The van der Waals surface area contributed by atoms with Crippen LogP contribution in [-0.4, -0.2) is 25.9 Å². The van der Waals surface area contributed by atoms with Crippen LogP contribution < -0.4 is 4.74 Å². The van der Waals surface area contributed by atoms with E-state index in [0.29, 0.717) is 17.0 Å². The highest BCUT2D eigenvalue weighted by Crippen LogP contribution is 2.28. The van der Waals surface area contributed by atoms with Crippen LogP contribution in [0, 0.1) is 6.92 Å². The van der Waals surface area contributed by atoms with Crippen LogP contribution >= 0.6 is 11.6 Å². The standard InChI is InChI=1S/C11H6ClF3N4O/c1-5-17-18-10-9(12)16-7-4-6(20-11(13,14)15)2-3-8(7)19(5)10/h2-4H,1H3. The number of aryl methyl sites for hydroxylation is 1. The number of rotatable bonds is 1. The number of benzene rings is 1. The van der Waals surface area contributed by atoms with Crippen molar-refractivity contribution in [2.45, 2.75) is 13.3 Å². The maximum atomic E-state index is 12.2. The monoisotopic (exact) mass is 302 g/mol. The van der Waals surface area contributed by atoms with E-state index in [0.717, 1.165) is 6.07 Å². The third kappa shape index (κ3) is 2.11. The molecule has 0 fully saturated rings. The molecule has 0 bridgehead atoms. The summed E-state index contributed by atoms with van der Waals surface area (Å²) >= 11 is 5.94. The minimum absolute atomic E-state index is 0.0576. The molecule has 0 saturated carbocycles. The zero-order valence-corrected chi connectivity index (χ0v) is 10.7. The quantitative estimate of drug-likeness (QED) is 0.693. The van der Waals surface area contributed by atoms with Crippen molar-refractivity contribution in [3.8, 4) is 5.75 Å². The molecule has 104 valence electrons. The predicted octanol–water partition coefficient (Wildman–Crippen LogP) is 3.14. The number of hydrogen-bond acceptors (Lipinski definition) is 4. The number of alkyl halides is 3. The van der Waals surface area contributed by atoms with Crippen molar-refractivity contribution >= 4 is 28.3 Å². The third-order valence-corrected chi connectivity index (χ3v) is 2.90. The van der Waals surface area contributed by atoms with Gasteiger partial charge < -0.3 is 4.74 Å². The topological polar surface area (TPSA) is 52.3 Å². The van der Waals surface area contributed by atoms with Crippen molar-refractivity contribution in [2.24, 2.45) is 0 Å². The molecule has 0 spiro atoms. The Hall–Kier alpha value is -2.09. The highest BCUT2D eigenvalue weighted by Gasteiger charge is 2.31. The molecule has 0 aliphatic heterocycles. The second kappa shape index (κ2) is 4.20. The van der Waals surface area contributed by atoms with Gasteiger partial charge in [-0.25, -0.2) is 4.98 Å². The molecule has 0 aliphatic carbocycles. The number of hydrogen-bond donors (Lipinski definition) is 0. The largest absolute Gasteiger partial charge is 0.573 e. The number of halogens is 4. The van der Waals surface area contributed by atoms with Gasteiger partial charge in [-0.2, -0.15) is 0 Å². The van der Waals surface area contributed by atoms with Crippen molar-refractivity contribution in [2.75, 3.05) is 0 Å². The number of aromatic nitrogens is 4. The zero-order chi connectivity index (χ0) is 14.5. The summed E-state index contributed by atoms with van der Waals surface area (Å²) in [6, 6.07) is 3.81. The van der Waals surface area contributed by atoms with Crippen molar-refractivity contribution in [3.05, 3.63) is 29.2 Å². The Balaban J connectivity index is 2.25. The van der Waals surface area contributed by atoms with E-state index >= 15 is 0 Å². The highest BCUT2D eigenvalue weighted by molar-refractivity contribution is 6.32. The molecule has 0 atom stereocenters. The third-order valence-electron chi connectivity index (χ3n) is 2.65. The van der Waals surface area contributed by atoms with E-state index in [1.807, 2.05) is 0 Å². The van der Waals surface area contributed by atoms with E-state index in [-0.39, 0.29) is 16.4 Å². The van der Waals surface area contributed by atoms with Crippen molar-refractivity contribution in [1.29, 1.82) is 0 Å². The van der Waals surface area contributed by atoms with Crippen LogP contribution in [-0.2, 0) is 0 Å². The lowest BCUT2D eigenvalue weighted by Gasteiger charge is -2.10. The Labute approximate surface area is 115 Å². The molecule has 0 amide bonds. The van der Waals surface area contributed by atoms with E-state index in [1.54, 1.807) is 11.3 Å². The smallest absolute Gasteiger partial charge is 0.406 e. The molecule has 0 saturated heterocycles. The summed E-state index contributed by atoms with van der Waals surface area (Å²) in [5.74, 6) is 0.192. The maximum absolute atomic E-state index is 12.2. The van der Waals surface area contributed by atoms with Gasteiger partial charge in [0.05, 0.1) is 11.0 Å². The van der Waals surface area contributed by atoms with Gasteiger partial charge in [-0.1, -0.05) is 11.6 Å². The summed E-state index contributed by atoms with van der Waals surface area (Å²) in [6.07, 6.45) is -4.76. The van der Waals surface area contributed by atoms with E-state index in [4.69, 9.17) is 11.6 Å². The summed E-state index contributed by atoms with van der Waals surface area (Å²) in [5.41, 5.74) is 1.15. The van der Waals surface area contributed by atoms with Crippen molar-refractivity contribution < 1.29 is 17.9 Å². The average Bonchev–Trinajstić information content (AvgIpc) is 2.70. The van der Waals surface area contributed by atoms with Crippen LogP contribution in [0.25, 0.3) is 16.7 Å². The molecular weight excluding hydrogens is 297 g/mol. The van der Waals surface area contributed by atoms with Crippen LogP contribution in [0.1, 0.15) is 5.82 Å². The molecule has 9 heteroatoms. The molecule has 0 aliphatic rings. The molecule has 3 aromatic rings. The first kappa shape index (κ1) is 12.9. The molecule has 3 rings (SSSR count). The summed E-state index contributed by atoms with van der Waals surface area (Å²) in [4.78, 5) is 4.00. The fourth-order valence-corrected chi connectivity index (χ4v) is 2.13.